The van der Waals surface area contributed by atoms with Crippen LogP contribution < -0.4 is 0 Å². The van der Waals surface area contributed by atoms with E-state index in [9.17, 15) is 14.7 Å². The van der Waals surface area contributed by atoms with Crippen molar-refractivity contribution in [1.82, 2.24) is 0 Å². The van der Waals surface area contributed by atoms with Gasteiger partial charge >= 0.3 is 5.97 Å². The molecule has 158 valence electrons. The van der Waals surface area contributed by atoms with Gasteiger partial charge in [0.2, 0.25) is 0 Å². The maximum Gasteiger partial charge on any atom is 0.302 e. The Morgan fingerprint density at radius 3 is 2.36 bits per heavy atom. The number of hydrogen-bond acceptors (Lipinski definition) is 4. The van der Waals surface area contributed by atoms with Crippen LogP contribution in [-0.4, -0.2) is 35.7 Å². The van der Waals surface area contributed by atoms with Gasteiger partial charge in [-0.25, -0.2) is 4.39 Å². The summed E-state index contributed by atoms with van der Waals surface area (Å²) in [6.45, 7) is 5.56. The molecule has 4 fully saturated rings. The molecule has 1 N–H and O–H groups in total. The van der Waals surface area contributed by atoms with E-state index >= 15 is 4.39 Å². The monoisotopic (exact) mass is 394 g/mol. The number of alkyl halides is 1. The summed E-state index contributed by atoms with van der Waals surface area (Å²) >= 11 is 0. The van der Waals surface area contributed by atoms with Crippen LogP contribution in [0.4, 0.5) is 4.39 Å². The molecule has 0 aliphatic heterocycles. The van der Waals surface area contributed by atoms with Crippen LogP contribution in [0.25, 0.3) is 0 Å². The van der Waals surface area contributed by atoms with E-state index in [4.69, 9.17) is 4.74 Å². The minimum Gasteiger partial charge on any atom is -0.463 e. The average Bonchev–Trinajstić information content (AvgIpc) is 2.99. The predicted octanol–water partition coefficient (Wildman–Crippen LogP) is 4.09. The van der Waals surface area contributed by atoms with Crippen LogP contribution in [0.2, 0.25) is 0 Å². The maximum atomic E-state index is 15.5. The van der Waals surface area contributed by atoms with Crippen molar-refractivity contribution in [2.24, 2.45) is 40.4 Å². The molecule has 0 aromatic rings. The lowest BCUT2D eigenvalue weighted by atomic mass is 9.44. The fourth-order valence-electron chi connectivity index (χ4n) is 8.19. The Bertz CT molecular complexity index is 651. The van der Waals surface area contributed by atoms with E-state index in [0.29, 0.717) is 30.6 Å². The first-order valence-corrected chi connectivity index (χ1v) is 11.2. The zero-order valence-corrected chi connectivity index (χ0v) is 17.5. The molecule has 0 aromatic heterocycles. The normalized spacial score (nSPS) is 50.2. The fourth-order valence-corrected chi connectivity index (χ4v) is 8.19. The van der Waals surface area contributed by atoms with Crippen molar-refractivity contribution in [3.8, 4) is 0 Å². The summed E-state index contributed by atoms with van der Waals surface area (Å²) in [4.78, 5) is 23.7. The van der Waals surface area contributed by atoms with E-state index in [1.807, 2.05) is 0 Å². The lowest BCUT2D eigenvalue weighted by Crippen LogP contribution is -2.57. The first-order valence-electron chi connectivity index (χ1n) is 11.2. The zero-order valence-electron chi connectivity index (χ0n) is 17.5. The highest BCUT2D eigenvalue weighted by atomic mass is 19.1. The Hall–Kier alpha value is -0.970. The third-order valence-electron chi connectivity index (χ3n) is 9.46. The SMILES string of the molecule is CC(=O)O[C@@H]1CC[C@]2(C)[C@H]3CC[C@]4(C)[C@@H](C(=O)CO)CC[C@H]4[C@@H]3C[C@@H](F)[C@@H]2C1. The van der Waals surface area contributed by atoms with Crippen molar-refractivity contribution < 1.29 is 23.8 Å². The van der Waals surface area contributed by atoms with Gasteiger partial charge in [-0.2, -0.15) is 0 Å². The number of ketones is 1. The molecule has 0 heterocycles. The summed E-state index contributed by atoms with van der Waals surface area (Å²) in [5.74, 6) is 0.813. The lowest BCUT2D eigenvalue weighted by molar-refractivity contribution is -0.172. The van der Waals surface area contributed by atoms with Gasteiger partial charge in [0.1, 0.15) is 18.9 Å². The van der Waals surface area contributed by atoms with Crippen molar-refractivity contribution >= 4 is 11.8 Å². The van der Waals surface area contributed by atoms with Crippen molar-refractivity contribution in [3.63, 3.8) is 0 Å². The van der Waals surface area contributed by atoms with Gasteiger partial charge < -0.3 is 9.84 Å². The van der Waals surface area contributed by atoms with Crippen LogP contribution in [0.1, 0.15) is 72.1 Å². The van der Waals surface area contributed by atoms with Crippen LogP contribution in [0.5, 0.6) is 0 Å². The number of halogens is 1. The molecule has 4 nitrogen and oxygen atoms in total. The van der Waals surface area contributed by atoms with Gasteiger partial charge in [0.25, 0.3) is 0 Å². The Labute approximate surface area is 167 Å². The van der Waals surface area contributed by atoms with Gasteiger partial charge in [0.05, 0.1) is 0 Å². The summed E-state index contributed by atoms with van der Waals surface area (Å²) < 4.78 is 20.9. The molecule has 28 heavy (non-hydrogen) atoms. The van der Waals surface area contributed by atoms with Crippen molar-refractivity contribution in [1.29, 1.82) is 0 Å². The molecule has 4 aliphatic carbocycles. The van der Waals surface area contributed by atoms with E-state index in [1.54, 1.807) is 0 Å². The topological polar surface area (TPSA) is 63.6 Å². The number of hydrogen-bond donors (Lipinski definition) is 1. The molecule has 5 heteroatoms. The number of esters is 1. The Morgan fingerprint density at radius 2 is 1.68 bits per heavy atom. The molecule has 4 aliphatic rings. The number of aliphatic hydroxyl groups excluding tert-OH is 1. The highest BCUT2D eigenvalue weighted by Crippen LogP contribution is 2.67. The first-order chi connectivity index (χ1) is 13.2. The van der Waals surface area contributed by atoms with Crippen molar-refractivity contribution in [2.45, 2.75) is 84.4 Å². The van der Waals surface area contributed by atoms with Crippen LogP contribution in [0.15, 0.2) is 0 Å². The summed E-state index contributed by atoms with van der Waals surface area (Å²) in [5.41, 5.74) is -0.127. The molecule has 0 bridgehead atoms. The van der Waals surface area contributed by atoms with Crippen molar-refractivity contribution in [2.75, 3.05) is 6.61 Å². The second-order valence-electron chi connectivity index (χ2n) is 10.5. The largest absolute Gasteiger partial charge is 0.463 e. The second-order valence-corrected chi connectivity index (χ2v) is 10.5. The van der Waals surface area contributed by atoms with E-state index in [1.165, 1.54) is 6.92 Å². The Kier molecular flexibility index (Phi) is 5.13. The third kappa shape index (κ3) is 2.95. The van der Waals surface area contributed by atoms with Gasteiger partial charge in [-0.3, -0.25) is 9.59 Å². The van der Waals surface area contributed by atoms with Gasteiger partial charge in [-0.1, -0.05) is 13.8 Å². The molecule has 0 amide bonds. The van der Waals surface area contributed by atoms with Crippen LogP contribution in [-0.2, 0) is 14.3 Å². The first kappa shape index (κ1) is 20.3. The number of aliphatic hydroxyl groups is 1. The minimum absolute atomic E-state index is 0.0259. The van der Waals surface area contributed by atoms with E-state index < -0.39 is 6.17 Å². The van der Waals surface area contributed by atoms with Gasteiger partial charge in [-0.05, 0) is 85.9 Å². The average molecular weight is 395 g/mol. The smallest absolute Gasteiger partial charge is 0.302 e. The summed E-state index contributed by atoms with van der Waals surface area (Å²) in [6, 6.07) is 0. The number of fused-ring (bicyclic) bond motifs is 5. The second kappa shape index (κ2) is 7.07. The highest BCUT2D eigenvalue weighted by Gasteiger charge is 2.63. The quantitative estimate of drug-likeness (QED) is 0.733. The molecular formula is C23H35FO4. The predicted molar refractivity (Wildman–Crippen MR) is 103 cm³/mol. The van der Waals surface area contributed by atoms with Gasteiger partial charge in [0.15, 0.2) is 5.78 Å². The van der Waals surface area contributed by atoms with E-state index in [0.717, 1.165) is 38.5 Å². The van der Waals surface area contributed by atoms with E-state index in [-0.39, 0.29) is 47.1 Å². The molecule has 0 aromatic carbocycles. The highest BCUT2D eigenvalue weighted by molar-refractivity contribution is 5.83. The standard InChI is InChI=1S/C23H35FO4/c1-13(26)28-14-6-8-23(3)17-7-9-22(2)16(4-5-18(22)21(27)12-25)15(17)11-20(24)19(23)10-14/h14-20,25H,4-12H2,1-3H3/t14-,15+,16+,17+,18-,19+,20-,22+,23-/m1/s1. The van der Waals surface area contributed by atoms with Crippen LogP contribution in [0.3, 0.4) is 0 Å². The number of rotatable bonds is 3. The Balaban J connectivity index is 1.57. The zero-order chi connectivity index (χ0) is 20.3. The number of Topliss-reactive ketones (excluding diaryl/α,β-unsaturated/α-hetero) is 1. The summed E-state index contributed by atoms with van der Waals surface area (Å²) in [6.07, 6.45) is 5.85. The molecule has 4 saturated carbocycles. The third-order valence-corrected chi connectivity index (χ3v) is 9.46. The lowest BCUT2D eigenvalue weighted by Gasteiger charge is -2.61. The number of carbonyl (C=O) groups excluding carboxylic acids is 2. The Morgan fingerprint density at radius 1 is 1.00 bits per heavy atom. The van der Waals surface area contributed by atoms with Crippen molar-refractivity contribution in [3.05, 3.63) is 0 Å². The van der Waals surface area contributed by atoms with Crippen LogP contribution >= 0.6 is 0 Å². The number of carbonyl (C=O) groups is 2. The molecular weight excluding hydrogens is 359 g/mol. The summed E-state index contributed by atoms with van der Waals surface area (Å²) in [7, 11) is 0. The summed E-state index contributed by atoms with van der Waals surface area (Å²) in [5, 5.41) is 9.41. The van der Waals surface area contributed by atoms with E-state index in [2.05, 4.69) is 13.8 Å². The van der Waals surface area contributed by atoms with Crippen LogP contribution in [0, 0.1) is 40.4 Å². The molecule has 4 rings (SSSR count). The maximum absolute atomic E-state index is 15.5. The van der Waals surface area contributed by atoms with Gasteiger partial charge in [0, 0.05) is 12.8 Å². The fraction of sp³-hybridized carbons (Fsp3) is 0.913. The molecule has 9 atom stereocenters. The minimum atomic E-state index is -0.862. The molecule has 0 saturated heterocycles. The molecule has 0 radical (unpaired) electrons. The molecule has 0 unspecified atom stereocenters. The molecule has 0 spiro atoms. The number of ether oxygens (including phenoxy) is 1. The van der Waals surface area contributed by atoms with Gasteiger partial charge in [-0.15, -0.1) is 0 Å².